The molecular formula is C11H9Br3N2O3. The smallest absolute Gasteiger partial charge is 0.337 e. The number of amides is 2. The first-order valence-corrected chi connectivity index (χ1v) is 7.29. The number of hydrogen-bond acceptors (Lipinski definition) is 2. The minimum absolute atomic E-state index is 0.0194. The van der Waals surface area contributed by atoms with Gasteiger partial charge in [0.05, 0.1) is 17.8 Å². The number of carbonyl (C=O) groups is 2. The topological polar surface area (TPSA) is 78.4 Å². The fourth-order valence-corrected chi connectivity index (χ4v) is 2.67. The number of aromatic carboxylic acids is 1. The zero-order chi connectivity index (χ0) is 14.6. The van der Waals surface area contributed by atoms with E-state index < -0.39 is 12.0 Å². The summed E-state index contributed by atoms with van der Waals surface area (Å²) in [5.74, 6) is -1.14. The zero-order valence-corrected chi connectivity index (χ0v) is 14.2. The summed E-state index contributed by atoms with van der Waals surface area (Å²) in [7, 11) is 0. The summed E-state index contributed by atoms with van der Waals surface area (Å²) >= 11 is 9.51. The third-order valence-corrected chi connectivity index (χ3v) is 3.33. The average Bonchev–Trinajstić information content (AvgIpc) is 2.29. The van der Waals surface area contributed by atoms with Crippen molar-refractivity contribution in [2.45, 2.75) is 0 Å². The van der Waals surface area contributed by atoms with Gasteiger partial charge in [-0.3, -0.25) is 0 Å². The van der Waals surface area contributed by atoms with Gasteiger partial charge in [-0.1, -0.05) is 38.4 Å². The third kappa shape index (κ3) is 4.96. The largest absolute Gasteiger partial charge is 0.478 e. The molecule has 1 rings (SSSR count). The number of hydrogen-bond donors (Lipinski definition) is 3. The van der Waals surface area contributed by atoms with E-state index >= 15 is 0 Å². The Morgan fingerprint density at radius 2 is 1.95 bits per heavy atom. The number of carbonyl (C=O) groups excluding carboxylic acids is 1. The minimum atomic E-state index is -1.14. The molecule has 0 heterocycles. The molecule has 0 fully saturated rings. The van der Waals surface area contributed by atoms with Crippen LogP contribution in [0.25, 0.3) is 0 Å². The number of rotatable bonds is 4. The number of halogens is 3. The van der Waals surface area contributed by atoms with Gasteiger partial charge in [0.25, 0.3) is 0 Å². The lowest BCUT2D eigenvalue weighted by Crippen LogP contribution is -2.30. The summed E-state index contributed by atoms with van der Waals surface area (Å²) < 4.78 is 1.67. The SMILES string of the molecule is C=C(Br)CNC(=O)Nc1c(Br)cc(Br)cc1C(=O)O. The molecule has 19 heavy (non-hydrogen) atoms. The number of nitrogens with one attached hydrogen (secondary N) is 2. The first kappa shape index (κ1) is 16.2. The predicted octanol–water partition coefficient (Wildman–Crippen LogP) is 3.94. The Labute approximate surface area is 134 Å². The van der Waals surface area contributed by atoms with Crippen LogP contribution in [0.1, 0.15) is 10.4 Å². The van der Waals surface area contributed by atoms with E-state index in [9.17, 15) is 9.59 Å². The molecule has 0 aromatic heterocycles. The summed E-state index contributed by atoms with van der Waals surface area (Å²) in [6, 6.07) is 2.53. The molecule has 2 amide bonds. The lowest BCUT2D eigenvalue weighted by molar-refractivity contribution is 0.0698. The van der Waals surface area contributed by atoms with Crippen molar-refractivity contribution in [1.82, 2.24) is 5.32 Å². The highest BCUT2D eigenvalue weighted by Gasteiger charge is 2.16. The van der Waals surface area contributed by atoms with E-state index in [0.29, 0.717) is 13.4 Å². The first-order valence-electron chi connectivity index (χ1n) is 4.91. The van der Waals surface area contributed by atoms with Gasteiger partial charge >= 0.3 is 12.0 Å². The van der Waals surface area contributed by atoms with Crippen LogP contribution in [0, 0.1) is 0 Å². The molecule has 0 atom stereocenters. The van der Waals surface area contributed by atoms with Crippen LogP contribution in [-0.2, 0) is 0 Å². The summed E-state index contributed by atoms with van der Waals surface area (Å²) in [5.41, 5.74) is 0.169. The quantitative estimate of drug-likeness (QED) is 0.642. The molecule has 3 N–H and O–H groups in total. The molecule has 0 aliphatic carbocycles. The number of carboxylic acids is 1. The molecule has 5 nitrogen and oxygen atoms in total. The van der Waals surface area contributed by atoms with E-state index in [2.05, 4.69) is 65.0 Å². The van der Waals surface area contributed by atoms with E-state index in [0.717, 1.165) is 0 Å². The summed E-state index contributed by atoms with van der Waals surface area (Å²) in [4.78, 5) is 22.8. The molecule has 0 spiro atoms. The maximum atomic E-state index is 11.6. The van der Waals surface area contributed by atoms with Crippen molar-refractivity contribution in [1.29, 1.82) is 0 Å². The Morgan fingerprint density at radius 1 is 1.32 bits per heavy atom. The maximum Gasteiger partial charge on any atom is 0.337 e. The number of benzene rings is 1. The Balaban J connectivity index is 2.97. The third-order valence-electron chi connectivity index (χ3n) is 1.96. The number of urea groups is 1. The first-order chi connectivity index (χ1) is 8.81. The van der Waals surface area contributed by atoms with Crippen LogP contribution in [0.5, 0.6) is 0 Å². The normalized spacial score (nSPS) is 9.84. The van der Waals surface area contributed by atoms with E-state index in [1.54, 1.807) is 6.07 Å². The van der Waals surface area contributed by atoms with Crippen LogP contribution in [-0.4, -0.2) is 23.7 Å². The van der Waals surface area contributed by atoms with Crippen molar-refractivity contribution in [3.8, 4) is 0 Å². The molecular weight excluding hydrogens is 448 g/mol. The van der Waals surface area contributed by atoms with Crippen molar-refractivity contribution in [2.75, 3.05) is 11.9 Å². The van der Waals surface area contributed by atoms with Crippen molar-refractivity contribution in [3.63, 3.8) is 0 Å². The number of anilines is 1. The Bertz CT molecular complexity index is 546. The molecule has 0 aliphatic rings. The van der Waals surface area contributed by atoms with Crippen LogP contribution in [0.3, 0.4) is 0 Å². The van der Waals surface area contributed by atoms with Crippen LogP contribution in [0.2, 0.25) is 0 Å². The second kappa shape index (κ2) is 7.06. The van der Waals surface area contributed by atoms with Crippen LogP contribution >= 0.6 is 47.8 Å². The van der Waals surface area contributed by atoms with Gasteiger partial charge in [-0.2, -0.15) is 0 Å². The Morgan fingerprint density at radius 3 is 2.47 bits per heavy atom. The average molecular weight is 457 g/mol. The Hall–Kier alpha value is -0.860. The number of carboxylic acid groups (broad SMARTS) is 1. The van der Waals surface area contributed by atoms with E-state index in [-0.39, 0.29) is 17.8 Å². The lowest BCUT2D eigenvalue weighted by atomic mass is 10.2. The van der Waals surface area contributed by atoms with E-state index in [4.69, 9.17) is 5.11 Å². The van der Waals surface area contributed by atoms with Crippen LogP contribution in [0.4, 0.5) is 10.5 Å². The highest BCUT2D eigenvalue weighted by atomic mass is 79.9. The van der Waals surface area contributed by atoms with Gasteiger partial charge < -0.3 is 15.7 Å². The van der Waals surface area contributed by atoms with Gasteiger partial charge in [-0.25, -0.2) is 9.59 Å². The molecule has 0 radical (unpaired) electrons. The summed E-state index contributed by atoms with van der Waals surface area (Å²) in [6.45, 7) is 3.81. The molecule has 0 aliphatic heterocycles. The highest BCUT2D eigenvalue weighted by Crippen LogP contribution is 2.30. The van der Waals surface area contributed by atoms with Crippen molar-refractivity contribution >= 4 is 65.5 Å². The highest BCUT2D eigenvalue weighted by molar-refractivity contribution is 9.11. The zero-order valence-electron chi connectivity index (χ0n) is 9.47. The van der Waals surface area contributed by atoms with Gasteiger partial charge in [0, 0.05) is 13.4 Å². The molecule has 8 heteroatoms. The lowest BCUT2D eigenvalue weighted by Gasteiger charge is -2.12. The summed E-state index contributed by atoms with van der Waals surface area (Å²) in [6.07, 6.45) is 0. The molecule has 0 saturated heterocycles. The summed E-state index contributed by atoms with van der Waals surface area (Å²) in [5, 5.41) is 14.1. The Kier molecular flexibility index (Phi) is 6.02. The van der Waals surface area contributed by atoms with E-state index in [1.807, 2.05) is 0 Å². The molecule has 1 aromatic carbocycles. The van der Waals surface area contributed by atoms with Crippen molar-refractivity contribution in [3.05, 3.63) is 37.7 Å². The standard InChI is InChI=1S/C11H9Br3N2O3/c1-5(12)4-15-11(19)16-9-7(10(17)18)2-6(13)3-8(9)14/h2-3H,1,4H2,(H,17,18)(H2,15,16,19). The predicted molar refractivity (Wildman–Crippen MR) is 83.9 cm³/mol. The molecule has 0 unspecified atom stereocenters. The van der Waals surface area contributed by atoms with Crippen LogP contribution < -0.4 is 10.6 Å². The fraction of sp³-hybridized carbons (Fsp3) is 0.0909. The monoisotopic (exact) mass is 454 g/mol. The molecule has 0 bridgehead atoms. The second-order valence-electron chi connectivity index (χ2n) is 3.44. The van der Waals surface area contributed by atoms with E-state index in [1.165, 1.54) is 6.07 Å². The molecule has 0 saturated carbocycles. The fourth-order valence-electron chi connectivity index (χ4n) is 1.20. The van der Waals surface area contributed by atoms with Gasteiger partial charge in [-0.05, 0) is 28.1 Å². The van der Waals surface area contributed by atoms with Gasteiger partial charge in [0.2, 0.25) is 0 Å². The molecule has 102 valence electrons. The second-order valence-corrected chi connectivity index (χ2v) is 6.33. The van der Waals surface area contributed by atoms with Crippen molar-refractivity contribution in [2.24, 2.45) is 0 Å². The molecule has 1 aromatic rings. The van der Waals surface area contributed by atoms with Gasteiger partial charge in [-0.15, -0.1) is 0 Å². The van der Waals surface area contributed by atoms with Crippen molar-refractivity contribution < 1.29 is 14.7 Å². The maximum absolute atomic E-state index is 11.6. The minimum Gasteiger partial charge on any atom is -0.478 e. The van der Waals surface area contributed by atoms with Crippen LogP contribution in [0.15, 0.2) is 32.1 Å². The van der Waals surface area contributed by atoms with Gasteiger partial charge in [0.15, 0.2) is 0 Å². The van der Waals surface area contributed by atoms with Gasteiger partial charge in [0.1, 0.15) is 0 Å².